The molecule has 1 amide bonds. The lowest BCUT2D eigenvalue weighted by atomic mass is 10.1. The van der Waals surface area contributed by atoms with E-state index in [0.717, 1.165) is 23.1 Å². The Morgan fingerprint density at radius 1 is 0.926 bits per heavy atom. The molecule has 0 atom stereocenters. The molecule has 0 spiro atoms. The first-order chi connectivity index (χ1) is 13.3. The van der Waals surface area contributed by atoms with Crippen molar-refractivity contribution in [2.45, 2.75) is 13.0 Å². The van der Waals surface area contributed by atoms with Gasteiger partial charge in [0.1, 0.15) is 5.82 Å². The van der Waals surface area contributed by atoms with Crippen LogP contribution in [0.4, 0.5) is 0 Å². The van der Waals surface area contributed by atoms with Crippen molar-refractivity contribution < 1.29 is 4.79 Å². The largest absolute Gasteiger partial charge is 0.352 e. The van der Waals surface area contributed by atoms with Gasteiger partial charge < -0.3 is 9.88 Å². The molecule has 4 heteroatoms. The van der Waals surface area contributed by atoms with Gasteiger partial charge in [0.05, 0.1) is 0 Å². The normalized spacial score (nSPS) is 10.8. The van der Waals surface area contributed by atoms with E-state index in [9.17, 15) is 4.79 Å². The van der Waals surface area contributed by atoms with Gasteiger partial charge in [-0.3, -0.25) is 4.79 Å². The molecule has 0 aliphatic heterocycles. The van der Waals surface area contributed by atoms with Gasteiger partial charge in [-0.25, -0.2) is 4.98 Å². The number of benzene rings is 3. The number of carbonyl (C=O) groups is 1. The maximum Gasteiger partial charge on any atom is 0.251 e. The van der Waals surface area contributed by atoms with E-state index < -0.39 is 0 Å². The number of aromatic nitrogens is 2. The highest BCUT2D eigenvalue weighted by atomic mass is 16.1. The minimum atomic E-state index is -0.0538. The quantitative estimate of drug-likeness (QED) is 0.567. The third-order valence-electron chi connectivity index (χ3n) is 4.64. The summed E-state index contributed by atoms with van der Waals surface area (Å²) in [6.07, 6.45) is 4.48. The molecule has 0 fully saturated rings. The smallest absolute Gasteiger partial charge is 0.251 e. The lowest BCUT2D eigenvalue weighted by molar-refractivity contribution is 0.0954. The zero-order valence-electron chi connectivity index (χ0n) is 15.0. The Morgan fingerprint density at radius 3 is 2.56 bits per heavy atom. The molecule has 0 aliphatic carbocycles. The number of nitrogens with zero attached hydrogens (tertiary/aromatic N) is 2. The number of hydrogen-bond donors (Lipinski definition) is 1. The van der Waals surface area contributed by atoms with E-state index in [4.69, 9.17) is 0 Å². The Hall–Kier alpha value is -3.40. The zero-order chi connectivity index (χ0) is 18.5. The van der Waals surface area contributed by atoms with Crippen molar-refractivity contribution in [2.24, 2.45) is 0 Å². The summed E-state index contributed by atoms with van der Waals surface area (Å²) < 4.78 is 2.12. The van der Waals surface area contributed by atoms with Crippen molar-refractivity contribution in [2.75, 3.05) is 6.54 Å². The van der Waals surface area contributed by atoms with Crippen LogP contribution in [0.15, 0.2) is 85.2 Å². The second-order valence-corrected chi connectivity index (χ2v) is 6.52. The fraction of sp³-hybridized carbons (Fsp3) is 0.130. The minimum Gasteiger partial charge on any atom is -0.352 e. The maximum atomic E-state index is 12.5. The van der Waals surface area contributed by atoms with E-state index in [-0.39, 0.29) is 5.91 Å². The molecular formula is C23H21N3O. The van der Waals surface area contributed by atoms with E-state index in [2.05, 4.69) is 27.0 Å². The summed E-state index contributed by atoms with van der Waals surface area (Å²) in [7, 11) is 0. The summed E-state index contributed by atoms with van der Waals surface area (Å²) in [6.45, 7) is 1.34. The molecule has 4 nitrogen and oxygen atoms in total. The van der Waals surface area contributed by atoms with Gasteiger partial charge in [0.15, 0.2) is 0 Å². The van der Waals surface area contributed by atoms with E-state index in [1.165, 1.54) is 5.56 Å². The van der Waals surface area contributed by atoms with Crippen LogP contribution < -0.4 is 5.32 Å². The Morgan fingerprint density at radius 2 is 1.70 bits per heavy atom. The number of hydrogen-bond acceptors (Lipinski definition) is 2. The lowest BCUT2D eigenvalue weighted by Crippen LogP contribution is -2.26. The Balaban J connectivity index is 1.37. The number of nitrogens with one attached hydrogen (secondary N) is 1. The number of fused-ring (bicyclic) bond motifs is 1. The molecule has 4 rings (SSSR count). The Labute approximate surface area is 158 Å². The topological polar surface area (TPSA) is 46.9 Å². The van der Waals surface area contributed by atoms with Gasteiger partial charge in [-0.05, 0) is 28.5 Å². The number of imidazole rings is 1. The first kappa shape index (κ1) is 17.0. The standard InChI is InChI=1S/C23H21N3O/c27-23(21-11-10-19-8-4-5-9-20(19)16-21)25-13-12-22-24-14-15-26(22)17-18-6-2-1-3-7-18/h1-11,14-16H,12-13,17H2,(H,25,27). The van der Waals surface area contributed by atoms with Crippen molar-refractivity contribution in [3.8, 4) is 0 Å². The Bertz CT molecular complexity index is 1050. The van der Waals surface area contributed by atoms with Crippen LogP contribution in [0.1, 0.15) is 21.7 Å². The van der Waals surface area contributed by atoms with Crippen molar-refractivity contribution in [1.82, 2.24) is 14.9 Å². The van der Waals surface area contributed by atoms with Gasteiger partial charge in [-0.2, -0.15) is 0 Å². The second-order valence-electron chi connectivity index (χ2n) is 6.52. The average molecular weight is 355 g/mol. The van der Waals surface area contributed by atoms with Gasteiger partial charge in [0, 0.05) is 37.5 Å². The van der Waals surface area contributed by atoms with Crippen LogP contribution in [-0.2, 0) is 13.0 Å². The summed E-state index contributed by atoms with van der Waals surface area (Å²) in [5.41, 5.74) is 1.92. The van der Waals surface area contributed by atoms with Crippen molar-refractivity contribution in [1.29, 1.82) is 0 Å². The molecule has 0 saturated heterocycles. The van der Waals surface area contributed by atoms with Crippen molar-refractivity contribution in [3.63, 3.8) is 0 Å². The molecule has 0 bridgehead atoms. The van der Waals surface area contributed by atoms with Crippen LogP contribution in [0.5, 0.6) is 0 Å². The molecule has 0 radical (unpaired) electrons. The highest BCUT2D eigenvalue weighted by Crippen LogP contribution is 2.15. The van der Waals surface area contributed by atoms with Crippen LogP contribution in [-0.4, -0.2) is 22.0 Å². The van der Waals surface area contributed by atoms with E-state index in [1.54, 1.807) is 0 Å². The van der Waals surface area contributed by atoms with Crippen LogP contribution in [0.25, 0.3) is 10.8 Å². The zero-order valence-corrected chi connectivity index (χ0v) is 15.0. The predicted octanol–water partition coefficient (Wildman–Crippen LogP) is 4.06. The molecular weight excluding hydrogens is 334 g/mol. The van der Waals surface area contributed by atoms with Gasteiger partial charge in [-0.1, -0.05) is 60.7 Å². The number of amides is 1. The third-order valence-corrected chi connectivity index (χ3v) is 4.64. The summed E-state index contributed by atoms with van der Waals surface area (Å²) >= 11 is 0. The van der Waals surface area contributed by atoms with Crippen molar-refractivity contribution in [3.05, 3.63) is 102 Å². The van der Waals surface area contributed by atoms with Crippen LogP contribution >= 0.6 is 0 Å². The first-order valence-corrected chi connectivity index (χ1v) is 9.10. The number of carbonyl (C=O) groups excluding carboxylic acids is 1. The van der Waals surface area contributed by atoms with E-state index >= 15 is 0 Å². The lowest BCUT2D eigenvalue weighted by Gasteiger charge is -2.09. The molecule has 0 unspecified atom stereocenters. The monoisotopic (exact) mass is 355 g/mol. The molecule has 1 aromatic heterocycles. The summed E-state index contributed by atoms with van der Waals surface area (Å²) in [4.78, 5) is 16.9. The average Bonchev–Trinajstić information content (AvgIpc) is 3.15. The molecule has 4 aromatic rings. The second kappa shape index (κ2) is 7.87. The van der Waals surface area contributed by atoms with Crippen LogP contribution in [0.3, 0.4) is 0 Å². The van der Waals surface area contributed by atoms with Crippen LogP contribution in [0.2, 0.25) is 0 Å². The van der Waals surface area contributed by atoms with Gasteiger partial charge in [-0.15, -0.1) is 0 Å². The first-order valence-electron chi connectivity index (χ1n) is 9.10. The highest BCUT2D eigenvalue weighted by Gasteiger charge is 2.08. The predicted molar refractivity (Wildman–Crippen MR) is 108 cm³/mol. The molecule has 0 saturated carbocycles. The van der Waals surface area contributed by atoms with E-state index in [0.29, 0.717) is 18.5 Å². The van der Waals surface area contributed by atoms with Crippen molar-refractivity contribution >= 4 is 16.7 Å². The fourth-order valence-electron chi connectivity index (χ4n) is 3.21. The molecule has 1 heterocycles. The fourth-order valence-corrected chi connectivity index (χ4v) is 3.21. The minimum absolute atomic E-state index is 0.0538. The van der Waals surface area contributed by atoms with Gasteiger partial charge in [0.2, 0.25) is 0 Å². The molecule has 134 valence electrons. The van der Waals surface area contributed by atoms with Gasteiger partial charge >= 0.3 is 0 Å². The third kappa shape index (κ3) is 4.06. The maximum absolute atomic E-state index is 12.5. The highest BCUT2D eigenvalue weighted by molar-refractivity contribution is 5.98. The van der Waals surface area contributed by atoms with E-state index in [1.807, 2.05) is 73.1 Å². The summed E-state index contributed by atoms with van der Waals surface area (Å²) in [5, 5.41) is 5.21. The summed E-state index contributed by atoms with van der Waals surface area (Å²) in [6, 6.07) is 24.1. The molecule has 27 heavy (non-hydrogen) atoms. The molecule has 1 N–H and O–H groups in total. The molecule has 0 aliphatic rings. The van der Waals surface area contributed by atoms with Crippen LogP contribution in [0, 0.1) is 0 Å². The molecule has 3 aromatic carbocycles. The summed E-state index contributed by atoms with van der Waals surface area (Å²) in [5.74, 6) is 0.916. The van der Waals surface area contributed by atoms with Gasteiger partial charge in [0.25, 0.3) is 5.91 Å². The SMILES string of the molecule is O=C(NCCc1nccn1Cc1ccccc1)c1ccc2ccccc2c1. The Kier molecular flexibility index (Phi) is 4.97. The number of rotatable bonds is 6.